The number of hydrogen-bond donors (Lipinski definition) is 0. The summed E-state index contributed by atoms with van der Waals surface area (Å²) >= 11 is 0. The summed E-state index contributed by atoms with van der Waals surface area (Å²) in [6.45, 7) is 0. The van der Waals surface area contributed by atoms with E-state index >= 15 is 0 Å². The molecule has 0 aliphatic carbocycles. The van der Waals surface area contributed by atoms with Gasteiger partial charge in [-0.3, -0.25) is 0 Å². The molecule has 208 valence electrons. The lowest BCUT2D eigenvalue weighted by atomic mass is 9.96. The first-order valence-electron chi connectivity index (χ1n) is 7.67. The molecule has 0 amide bonds. The Morgan fingerprint density at radius 1 is 0.417 bits per heavy atom. The quantitative estimate of drug-likeness (QED) is 0.109. The topological polar surface area (TPSA) is 12.4 Å². The van der Waals surface area contributed by atoms with E-state index in [0.29, 0.717) is 0 Å². The van der Waals surface area contributed by atoms with Crippen LogP contribution in [0.2, 0.25) is 0 Å². The number of aliphatic imine (C=N–C) groups is 1. The van der Waals surface area contributed by atoms with Crippen LogP contribution in [0.3, 0.4) is 0 Å². The predicted octanol–water partition coefficient (Wildman–Crippen LogP) is 7.43. The zero-order chi connectivity index (χ0) is 29.2. The summed E-state index contributed by atoms with van der Waals surface area (Å²) < 4.78 is 274. The number of rotatable bonds is 6. The molecule has 0 spiro atoms. The van der Waals surface area contributed by atoms with E-state index in [-0.39, 0.29) is 4.99 Å². The smallest absolute Gasteiger partial charge is 0.208 e. The standard InChI is InChI=1S/C14F21N/c15-2-1(3(16)5(18)6(19)4(2)17)7(8(20,21)9(22,23)12(28,29)30)36-14(34,35)11(26,27)10(24,25)13(31,32)33/b36-7+. The molecule has 36 heavy (non-hydrogen) atoms. The molecular formula is C14F21N. The highest BCUT2D eigenvalue weighted by Crippen LogP contribution is 2.55. The second-order valence-electron chi connectivity index (χ2n) is 6.24. The van der Waals surface area contributed by atoms with E-state index in [2.05, 4.69) is 0 Å². The van der Waals surface area contributed by atoms with Gasteiger partial charge in [0.15, 0.2) is 23.3 Å². The van der Waals surface area contributed by atoms with Crippen LogP contribution in [0.25, 0.3) is 0 Å². The van der Waals surface area contributed by atoms with Gasteiger partial charge >= 0.3 is 42.1 Å². The molecule has 0 aliphatic heterocycles. The Morgan fingerprint density at radius 3 is 1.03 bits per heavy atom. The molecule has 0 heterocycles. The van der Waals surface area contributed by atoms with Crippen LogP contribution in [0.1, 0.15) is 5.56 Å². The molecule has 0 fully saturated rings. The fourth-order valence-corrected chi connectivity index (χ4v) is 2.00. The largest absolute Gasteiger partial charge is 0.460 e. The predicted molar refractivity (Wildman–Crippen MR) is 69.6 cm³/mol. The van der Waals surface area contributed by atoms with Gasteiger partial charge in [-0.2, -0.15) is 70.2 Å². The van der Waals surface area contributed by atoms with Crippen LogP contribution >= 0.6 is 0 Å². The Balaban J connectivity index is 4.31. The minimum Gasteiger partial charge on any atom is -0.208 e. The van der Waals surface area contributed by atoms with Crippen molar-refractivity contribution in [3.05, 3.63) is 34.6 Å². The summed E-state index contributed by atoms with van der Waals surface area (Å²) in [4.78, 5) is 0.203. The van der Waals surface area contributed by atoms with Crippen molar-refractivity contribution in [2.45, 2.75) is 42.1 Å². The van der Waals surface area contributed by atoms with E-state index in [0.717, 1.165) is 0 Å². The molecule has 0 radical (unpaired) electrons. The van der Waals surface area contributed by atoms with E-state index in [1.54, 1.807) is 0 Å². The Morgan fingerprint density at radius 2 is 0.722 bits per heavy atom. The van der Waals surface area contributed by atoms with Gasteiger partial charge in [-0.25, -0.2) is 26.9 Å². The summed E-state index contributed by atoms with van der Waals surface area (Å²) in [6, 6.07) is -7.94. The number of nitrogens with zero attached hydrogens (tertiary/aromatic N) is 1. The van der Waals surface area contributed by atoms with E-state index in [9.17, 15) is 92.2 Å². The summed E-state index contributed by atoms with van der Waals surface area (Å²) in [7, 11) is 0. The Hall–Kier alpha value is -2.58. The molecule has 1 aromatic carbocycles. The van der Waals surface area contributed by atoms with Crippen molar-refractivity contribution in [1.29, 1.82) is 0 Å². The second-order valence-corrected chi connectivity index (χ2v) is 6.24. The second kappa shape index (κ2) is 8.48. The molecule has 0 bridgehead atoms. The van der Waals surface area contributed by atoms with Crippen molar-refractivity contribution in [3.63, 3.8) is 0 Å². The van der Waals surface area contributed by atoms with E-state index in [1.165, 1.54) is 0 Å². The molecule has 1 rings (SSSR count). The molecular weight excluding hydrogens is 581 g/mol. The molecule has 1 aromatic rings. The lowest BCUT2D eigenvalue weighted by molar-refractivity contribution is -0.394. The third-order valence-corrected chi connectivity index (χ3v) is 3.87. The van der Waals surface area contributed by atoms with Crippen LogP contribution in [-0.4, -0.2) is 47.8 Å². The Bertz CT molecular complexity index is 1010. The highest BCUT2D eigenvalue weighted by molar-refractivity contribution is 6.07. The van der Waals surface area contributed by atoms with Gasteiger partial charge in [-0.1, -0.05) is 0 Å². The van der Waals surface area contributed by atoms with Crippen LogP contribution in [-0.2, 0) is 0 Å². The number of alkyl halides is 16. The number of hydrogen-bond acceptors (Lipinski definition) is 1. The summed E-state index contributed by atoms with van der Waals surface area (Å²) in [5.41, 5.74) is -8.88. The SMILES string of the molecule is Fc1c(F)c(F)c(/C(=N\C(F)(F)C(F)(F)C(F)(F)C(F)(F)F)C(F)(F)C(F)(F)C(F)(F)F)c(F)c1F. The van der Waals surface area contributed by atoms with Crippen LogP contribution < -0.4 is 0 Å². The van der Waals surface area contributed by atoms with Gasteiger partial charge in [0.25, 0.3) is 0 Å². The lowest BCUT2D eigenvalue weighted by Gasteiger charge is -2.34. The monoisotopic (exact) mass is 581 g/mol. The molecule has 0 saturated heterocycles. The van der Waals surface area contributed by atoms with Crippen molar-refractivity contribution >= 4 is 5.71 Å². The van der Waals surface area contributed by atoms with E-state index < -0.39 is 82.5 Å². The van der Waals surface area contributed by atoms with Crippen molar-refractivity contribution in [3.8, 4) is 0 Å². The van der Waals surface area contributed by atoms with Crippen LogP contribution in [0.4, 0.5) is 92.2 Å². The molecule has 0 saturated carbocycles. The molecule has 0 atom stereocenters. The molecule has 0 aliphatic rings. The maximum absolute atomic E-state index is 14.0. The van der Waals surface area contributed by atoms with Gasteiger partial charge in [0, 0.05) is 0 Å². The maximum atomic E-state index is 14.0. The van der Waals surface area contributed by atoms with Crippen LogP contribution in [0, 0.1) is 29.1 Å². The summed E-state index contributed by atoms with van der Waals surface area (Å²) in [5, 5.41) is 0. The minimum absolute atomic E-state index is 0.203. The zero-order valence-corrected chi connectivity index (χ0v) is 15.4. The van der Waals surface area contributed by atoms with Crippen LogP contribution in [0.5, 0.6) is 0 Å². The van der Waals surface area contributed by atoms with Gasteiger partial charge in [0.05, 0.1) is 5.56 Å². The van der Waals surface area contributed by atoms with Gasteiger partial charge < -0.3 is 0 Å². The molecule has 22 heteroatoms. The normalized spacial score (nSPS) is 15.5. The number of halogens is 21. The summed E-state index contributed by atoms with van der Waals surface area (Å²) in [5.74, 6) is -50.8. The fraction of sp³-hybridized carbons (Fsp3) is 0.500. The average molecular weight is 581 g/mol. The Labute approximate surface area is 181 Å². The van der Waals surface area contributed by atoms with E-state index in [4.69, 9.17) is 0 Å². The molecule has 0 N–H and O–H groups in total. The van der Waals surface area contributed by atoms with Gasteiger partial charge in [-0.05, 0) is 0 Å². The molecule has 1 nitrogen and oxygen atoms in total. The van der Waals surface area contributed by atoms with Crippen LogP contribution in [0.15, 0.2) is 4.99 Å². The van der Waals surface area contributed by atoms with Crippen molar-refractivity contribution in [2.75, 3.05) is 0 Å². The average Bonchev–Trinajstić information content (AvgIpc) is 2.67. The van der Waals surface area contributed by atoms with E-state index in [1.807, 2.05) is 0 Å². The highest BCUT2D eigenvalue weighted by atomic mass is 19.4. The first-order chi connectivity index (χ1) is 15.5. The first-order valence-corrected chi connectivity index (χ1v) is 7.67. The molecule has 0 unspecified atom stereocenters. The fourth-order valence-electron chi connectivity index (χ4n) is 2.00. The van der Waals surface area contributed by atoms with Crippen molar-refractivity contribution < 1.29 is 92.2 Å². The Kier molecular flexibility index (Phi) is 7.41. The number of benzene rings is 1. The first kappa shape index (κ1) is 31.4. The van der Waals surface area contributed by atoms with Gasteiger partial charge in [0.2, 0.25) is 5.82 Å². The summed E-state index contributed by atoms with van der Waals surface area (Å²) in [6.07, 6.45) is -15.5. The third kappa shape index (κ3) is 4.39. The molecule has 0 aromatic heterocycles. The maximum Gasteiger partial charge on any atom is 0.460 e. The zero-order valence-electron chi connectivity index (χ0n) is 15.4. The highest BCUT2D eigenvalue weighted by Gasteiger charge is 2.83. The lowest BCUT2D eigenvalue weighted by Crippen LogP contribution is -2.62. The van der Waals surface area contributed by atoms with Crippen molar-refractivity contribution in [1.82, 2.24) is 0 Å². The third-order valence-electron chi connectivity index (χ3n) is 3.87. The van der Waals surface area contributed by atoms with Gasteiger partial charge in [-0.15, -0.1) is 0 Å². The van der Waals surface area contributed by atoms with Gasteiger partial charge in [0.1, 0.15) is 5.71 Å². The van der Waals surface area contributed by atoms with Crippen molar-refractivity contribution in [2.24, 2.45) is 4.99 Å². The minimum atomic E-state index is -8.21.